The van der Waals surface area contributed by atoms with Gasteiger partial charge in [0.1, 0.15) is 0 Å². The highest BCUT2D eigenvalue weighted by Gasteiger charge is 2.03. The van der Waals surface area contributed by atoms with Gasteiger partial charge in [-0.05, 0) is 18.9 Å². The summed E-state index contributed by atoms with van der Waals surface area (Å²) in [7, 11) is 0. The molecule has 1 atom stereocenters. The van der Waals surface area contributed by atoms with E-state index in [2.05, 4.69) is 0 Å². The van der Waals surface area contributed by atoms with Gasteiger partial charge in [-0.15, -0.1) is 0 Å². The summed E-state index contributed by atoms with van der Waals surface area (Å²) in [5.74, 6) is 0. The Labute approximate surface area is 73.0 Å². The van der Waals surface area contributed by atoms with E-state index in [0.717, 1.165) is 5.56 Å². The predicted molar refractivity (Wildman–Crippen MR) is 49.8 cm³/mol. The summed E-state index contributed by atoms with van der Waals surface area (Å²) in [5.41, 5.74) is 8.12. The van der Waals surface area contributed by atoms with Crippen molar-refractivity contribution in [1.82, 2.24) is 0 Å². The van der Waals surface area contributed by atoms with Crippen LogP contribution in [0, 0.1) is 6.92 Å². The lowest BCUT2D eigenvalue weighted by molar-refractivity contribution is 0.276. The molecule has 66 valence electrons. The number of hydrogen-bond donors (Lipinski definition) is 2. The average molecular weight is 165 g/mol. The van der Waals surface area contributed by atoms with Crippen molar-refractivity contribution in [1.29, 1.82) is 0 Å². The van der Waals surface area contributed by atoms with Crippen molar-refractivity contribution in [2.45, 2.75) is 19.4 Å². The molecule has 0 bridgehead atoms. The van der Waals surface area contributed by atoms with Crippen LogP contribution in [-0.2, 0) is 0 Å². The molecule has 1 rings (SSSR count). The fraction of sp³-hybridized carbons (Fsp3) is 0.400. The second-order valence-electron chi connectivity index (χ2n) is 3.03. The molecule has 1 aromatic carbocycles. The standard InChI is InChI=1S/C10H15NO/c1-8-2-4-9(5-3-8)10(11)6-7-12/h2-5,10,12H,6-7,11H2,1H3/t10-/m1/s1. The van der Waals surface area contributed by atoms with Crippen LogP contribution in [0.25, 0.3) is 0 Å². The molecule has 0 aliphatic heterocycles. The van der Waals surface area contributed by atoms with Crippen LogP contribution in [0.2, 0.25) is 0 Å². The maximum atomic E-state index is 8.67. The predicted octanol–water partition coefficient (Wildman–Crippen LogP) is 1.38. The Morgan fingerprint density at radius 3 is 2.42 bits per heavy atom. The highest BCUT2D eigenvalue weighted by atomic mass is 16.3. The number of rotatable bonds is 3. The van der Waals surface area contributed by atoms with Crippen LogP contribution < -0.4 is 5.73 Å². The summed E-state index contributed by atoms with van der Waals surface area (Å²) in [6.07, 6.45) is 0.628. The molecular weight excluding hydrogens is 150 g/mol. The zero-order chi connectivity index (χ0) is 8.97. The summed E-state index contributed by atoms with van der Waals surface area (Å²) >= 11 is 0. The molecule has 0 aliphatic carbocycles. The Morgan fingerprint density at radius 1 is 1.33 bits per heavy atom. The van der Waals surface area contributed by atoms with Gasteiger partial charge in [-0.3, -0.25) is 0 Å². The van der Waals surface area contributed by atoms with Crippen LogP contribution in [0.4, 0.5) is 0 Å². The van der Waals surface area contributed by atoms with Gasteiger partial charge in [-0.1, -0.05) is 29.8 Å². The van der Waals surface area contributed by atoms with Gasteiger partial charge in [0.2, 0.25) is 0 Å². The van der Waals surface area contributed by atoms with E-state index in [1.165, 1.54) is 5.56 Å². The summed E-state index contributed by atoms with van der Waals surface area (Å²) in [4.78, 5) is 0. The van der Waals surface area contributed by atoms with E-state index in [1.807, 2.05) is 31.2 Å². The maximum absolute atomic E-state index is 8.67. The van der Waals surface area contributed by atoms with E-state index < -0.39 is 0 Å². The van der Waals surface area contributed by atoms with Crippen LogP contribution in [0.15, 0.2) is 24.3 Å². The monoisotopic (exact) mass is 165 g/mol. The highest BCUT2D eigenvalue weighted by molar-refractivity contribution is 5.23. The molecule has 0 spiro atoms. The van der Waals surface area contributed by atoms with Gasteiger partial charge in [-0.25, -0.2) is 0 Å². The van der Waals surface area contributed by atoms with Crippen LogP contribution >= 0.6 is 0 Å². The van der Waals surface area contributed by atoms with Crippen molar-refractivity contribution in [3.8, 4) is 0 Å². The Bertz CT molecular complexity index is 230. The first kappa shape index (κ1) is 9.23. The lowest BCUT2D eigenvalue weighted by atomic mass is 10.0. The number of aryl methyl sites for hydroxylation is 1. The molecule has 0 saturated carbocycles. The van der Waals surface area contributed by atoms with Crippen molar-refractivity contribution < 1.29 is 5.11 Å². The summed E-state index contributed by atoms with van der Waals surface area (Å²) < 4.78 is 0. The molecule has 0 fully saturated rings. The van der Waals surface area contributed by atoms with Gasteiger partial charge in [0.15, 0.2) is 0 Å². The fourth-order valence-electron chi connectivity index (χ4n) is 1.12. The van der Waals surface area contributed by atoms with Crippen LogP contribution in [0.1, 0.15) is 23.6 Å². The normalized spacial score (nSPS) is 12.9. The van der Waals surface area contributed by atoms with Crippen molar-refractivity contribution in [2.24, 2.45) is 5.73 Å². The van der Waals surface area contributed by atoms with Crippen LogP contribution in [0.5, 0.6) is 0 Å². The first-order chi connectivity index (χ1) is 5.74. The molecule has 0 aliphatic rings. The zero-order valence-electron chi connectivity index (χ0n) is 7.33. The molecule has 0 amide bonds. The Morgan fingerprint density at radius 2 is 1.92 bits per heavy atom. The topological polar surface area (TPSA) is 46.2 Å². The van der Waals surface area contributed by atoms with Gasteiger partial charge in [-0.2, -0.15) is 0 Å². The van der Waals surface area contributed by atoms with E-state index in [0.29, 0.717) is 6.42 Å². The van der Waals surface area contributed by atoms with Gasteiger partial charge < -0.3 is 10.8 Å². The number of benzene rings is 1. The Balaban J connectivity index is 2.68. The highest BCUT2D eigenvalue weighted by Crippen LogP contribution is 2.13. The van der Waals surface area contributed by atoms with Crippen molar-refractivity contribution >= 4 is 0 Å². The first-order valence-electron chi connectivity index (χ1n) is 4.17. The molecule has 2 nitrogen and oxygen atoms in total. The summed E-state index contributed by atoms with van der Waals surface area (Å²) in [6, 6.07) is 8.06. The van der Waals surface area contributed by atoms with Gasteiger partial charge in [0.25, 0.3) is 0 Å². The Kier molecular flexibility index (Phi) is 3.26. The Hall–Kier alpha value is -0.860. The molecule has 0 unspecified atom stereocenters. The molecule has 12 heavy (non-hydrogen) atoms. The second kappa shape index (κ2) is 4.24. The smallest absolute Gasteiger partial charge is 0.0449 e. The van der Waals surface area contributed by atoms with E-state index in [4.69, 9.17) is 10.8 Å². The minimum atomic E-state index is -0.0319. The average Bonchev–Trinajstić information content (AvgIpc) is 2.06. The van der Waals surface area contributed by atoms with Gasteiger partial charge in [0.05, 0.1) is 0 Å². The fourth-order valence-corrected chi connectivity index (χ4v) is 1.12. The van der Waals surface area contributed by atoms with E-state index >= 15 is 0 Å². The molecule has 0 saturated heterocycles. The first-order valence-corrected chi connectivity index (χ1v) is 4.17. The molecule has 2 heteroatoms. The molecule has 0 aromatic heterocycles. The van der Waals surface area contributed by atoms with E-state index in [-0.39, 0.29) is 12.6 Å². The van der Waals surface area contributed by atoms with E-state index in [9.17, 15) is 0 Å². The molecular formula is C10H15NO. The number of aliphatic hydroxyl groups is 1. The number of hydrogen-bond acceptors (Lipinski definition) is 2. The number of nitrogens with two attached hydrogens (primary N) is 1. The van der Waals surface area contributed by atoms with Crippen molar-refractivity contribution in [3.05, 3.63) is 35.4 Å². The largest absolute Gasteiger partial charge is 0.396 e. The number of aliphatic hydroxyl groups excluding tert-OH is 1. The second-order valence-corrected chi connectivity index (χ2v) is 3.03. The SMILES string of the molecule is Cc1ccc([C@H](N)CCO)cc1. The molecule has 0 radical (unpaired) electrons. The third-order valence-corrected chi connectivity index (χ3v) is 1.95. The van der Waals surface area contributed by atoms with Gasteiger partial charge >= 0.3 is 0 Å². The summed E-state index contributed by atoms with van der Waals surface area (Å²) in [6.45, 7) is 2.19. The third kappa shape index (κ3) is 2.32. The third-order valence-electron chi connectivity index (χ3n) is 1.95. The summed E-state index contributed by atoms with van der Waals surface area (Å²) in [5, 5.41) is 8.67. The minimum Gasteiger partial charge on any atom is -0.396 e. The van der Waals surface area contributed by atoms with Crippen molar-refractivity contribution in [2.75, 3.05) is 6.61 Å². The van der Waals surface area contributed by atoms with Crippen LogP contribution in [0.3, 0.4) is 0 Å². The molecule has 0 heterocycles. The van der Waals surface area contributed by atoms with Crippen LogP contribution in [-0.4, -0.2) is 11.7 Å². The zero-order valence-corrected chi connectivity index (χ0v) is 7.33. The van der Waals surface area contributed by atoms with Crippen molar-refractivity contribution in [3.63, 3.8) is 0 Å². The molecule has 1 aromatic rings. The lowest BCUT2D eigenvalue weighted by Gasteiger charge is -2.09. The minimum absolute atomic E-state index is 0.0319. The maximum Gasteiger partial charge on any atom is 0.0449 e. The van der Waals surface area contributed by atoms with Gasteiger partial charge in [0, 0.05) is 12.6 Å². The van der Waals surface area contributed by atoms with E-state index in [1.54, 1.807) is 0 Å². The lowest BCUT2D eigenvalue weighted by Crippen LogP contribution is -2.11. The quantitative estimate of drug-likeness (QED) is 0.710. The molecule has 3 N–H and O–H groups in total.